The van der Waals surface area contributed by atoms with Gasteiger partial charge in [0.1, 0.15) is 5.60 Å². The molecule has 0 aromatic heterocycles. The minimum absolute atomic E-state index is 0.386. The third-order valence-electron chi connectivity index (χ3n) is 2.51. The quantitative estimate of drug-likeness (QED) is 0.765. The van der Waals surface area contributed by atoms with Gasteiger partial charge >= 0.3 is 0 Å². The standard InChI is InChI=1S/C12H18O4/c1-11(2,13)12(3,14)16-10-8-6-5-7-9(10)15-4/h5-8,13-14H,1-4H3. The molecular formula is C12H18O4. The fourth-order valence-corrected chi connectivity index (χ4v) is 1.04. The van der Waals surface area contributed by atoms with Gasteiger partial charge in [-0.05, 0) is 26.0 Å². The van der Waals surface area contributed by atoms with Crippen LogP contribution in [0.15, 0.2) is 24.3 Å². The number of hydrogen-bond acceptors (Lipinski definition) is 4. The van der Waals surface area contributed by atoms with Gasteiger partial charge in [0, 0.05) is 6.92 Å². The first-order valence-corrected chi connectivity index (χ1v) is 5.05. The molecule has 2 N–H and O–H groups in total. The number of rotatable bonds is 4. The van der Waals surface area contributed by atoms with Crippen molar-refractivity contribution in [3.8, 4) is 11.5 Å². The predicted octanol–water partition coefficient (Wildman–Crippen LogP) is 1.55. The molecule has 0 radical (unpaired) electrons. The summed E-state index contributed by atoms with van der Waals surface area (Å²) in [5.41, 5.74) is -1.38. The number of benzene rings is 1. The van der Waals surface area contributed by atoms with Gasteiger partial charge in [-0.1, -0.05) is 12.1 Å². The molecule has 4 nitrogen and oxygen atoms in total. The van der Waals surface area contributed by atoms with Crippen LogP contribution in [-0.4, -0.2) is 28.7 Å². The average molecular weight is 226 g/mol. The van der Waals surface area contributed by atoms with Gasteiger partial charge in [0.15, 0.2) is 11.5 Å². The van der Waals surface area contributed by atoms with Crippen molar-refractivity contribution in [1.82, 2.24) is 0 Å². The summed E-state index contributed by atoms with van der Waals surface area (Å²) >= 11 is 0. The lowest BCUT2D eigenvalue weighted by Gasteiger charge is -2.35. The van der Waals surface area contributed by atoms with Crippen LogP contribution < -0.4 is 9.47 Å². The Hall–Kier alpha value is -1.26. The molecule has 1 atom stereocenters. The highest BCUT2D eigenvalue weighted by Crippen LogP contribution is 2.32. The molecule has 0 aliphatic heterocycles. The molecule has 0 aliphatic carbocycles. The minimum Gasteiger partial charge on any atom is -0.493 e. The molecular weight excluding hydrogens is 208 g/mol. The third kappa shape index (κ3) is 2.65. The minimum atomic E-state index is -1.69. The Morgan fingerprint density at radius 3 is 1.94 bits per heavy atom. The Morgan fingerprint density at radius 2 is 1.50 bits per heavy atom. The van der Waals surface area contributed by atoms with E-state index >= 15 is 0 Å². The average Bonchev–Trinajstić information content (AvgIpc) is 2.16. The van der Waals surface area contributed by atoms with Crippen LogP contribution in [0.5, 0.6) is 11.5 Å². The summed E-state index contributed by atoms with van der Waals surface area (Å²) in [5, 5.41) is 19.8. The van der Waals surface area contributed by atoms with Crippen molar-refractivity contribution in [1.29, 1.82) is 0 Å². The fourth-order valence-electron chi connectivity index (χ4n) is 1.04. The molecule has 16 heavy (non-hydrogen) atoms. The van der Waals surface area contributed by atoms with Crippen LogP contribution in [0, 0.1) is 0 Å². The Bertz CT molecular complexity index is 352. The van der Waals surface area contributed by atoms with E-state index in [0.29, 0.717) is 11.5 Å². The van der Waals surface area contributed by atoms with Gasteiger partial charge in [-0.2, -0.15) is 0 Å². The van der Waals surface area contributed by atoms with E-state index in [1.807, 2.05) is 0 Å². The molecule has 0 fully saturated rings. The van der Waals surface area contributed by atoms with Crippen LogP contribution in [0.2, 0.25) is 0 Å². The largest absolute Gasteiger partial charge is 0.493 e. The maximum atomic E-state index is 10.00. The van der Waals surface area contributed by atoms with Crippen molar-refractivity contribution in [2.45, 2.75) is 32.2 Å². The molecule has 1 aromatic rings. The topological polar surface area (TPSA) is 58.9 Å². The molecule has 0 saturated carbocycles. The normalized spacial score (nSPS) is 15.4. The highest BCUT2D eigenvalue weighted by Gasteiger charge is 2.40. The lowest BCUT2D eigenvalue weighted by molar-refractivity contribution is -0.232. The maximum Gasteiger partial charge on any atom is 0.233 e. The predicted molar refractivity (Wildman–Crippen MR) is 60.5 cm³/mol. The van der Waals surface area contributed by atoms with Gasteiger partial charge in [-0.25, -0.2) is 0 Å². The molecule has 4 heteroatoms. The van der Waals surface area contributed by atoms with E-state index in [-0.39, 0.29) is 0 Å². The summed E-state index contributed by atoms with van der Waals surface area (Å²) in [6.07, 6.45) is 0. The second-order valence-electron chi connectivity index (χ2n) is 4.29. The van der Waals surface area contributed by atoms with Crippen molar-refractivity contribution in [3.63, 3.8) is 0 Å². The van der Waals surface area contributed by atoms with Gasteiger partial charge in [-0.3, -0.25) is 0 Å². The second-order valence-corrected chi connectivity index (χ2v) is 4.29. The molecule has 1 unspecified atom stereocenters. The summed E-state index contributed by atoms with van der Waals surface area (Å²) in [4.78, 5) is 0. The highest BCUT2D eigenvalue weighted by molar-refractivity contribution is 5.39. The SMILES string of the molecule is COc1ccccc1OC(C)(O)C(C)(C)O. The Morgan fingerprint density at radius 1 is 1.00 bits per heavy atom. The van der Waals surface area contributed by atoms with E-state index < -0.39 is 11.4 Å². The summed E-state index contributed by atoms with van der Waals surface area (Å²) in [6, 6.07) is 6.94. The molecule has 90 valence electrons. The van der Waals surface area contributed by atoms with Crippen LogP contribution in [0.25, 0.3) is 0 Å². The first-order chi connectivity index (χ1) is 7.28. The number of aliphatic hydroxyl groups is 2. The maximum absolute atomic E-state index is 10.00. The first-order valence-electron chi connectivity index (χ1n) is 5.05. The van der Waals surface area contributed by atoms with E-state index in [1.54, 1.807) is 24.3 Å². The van der Waals surface area contributed by atoms with Crippen LogP contribution in [-0.2, 0) is 0 Å². The lowest BCUT2D eigenvalue weighted by Crippen LogP contribution is -2.52. The zero-order valence-corrected chi connectivity index (χ0v) is 10.0. The Kier molecular flexibility index (Phi) is 3.45. The molecule has 0 saturated heterocycles. The molecule has 1 rings (SSSR count). The zero-order valence-electron chi connectivity index (χ0n) is 10.0. The van der Waals surface area contributed by atoms with E-state index in [2.05, 4.69) is 0 Å². The molecule has 0 heterocycles. The smallest absolute Gasteiger partial charge is 0.233 e. The van der Waals surface area contributed by atoms with Crippen molar-refractivity contribution < 1.29 is 19.7 Å². The number of hydrogen-bond donors (Lipinski definition) is 2. The molecule has 0 spiro atoms. The Labute approximate surface area is 95.4 Å². The van der Waals surface area contributed by atoms with E-state index in [1.165, 1.54) is 27.9 Å². The van der Waals surface area contributed by atoms with Crippen LogP contribution in [0.4, 0.5) is 0 Å². The van der Waals surface area contributed by atoms with Gasteiger partial charge in [0.05, 0.1) is 7.11 Å². The van der Waals surface area contributed by atoms with Crippen molar-refractivity contribution in [2.24, 2.45) is 0 Å². The van der Waals surface area contributed by atoms with Gasteiger partial charge in [0.2, 0.25) is 5.79 Å². The molecule has 0 amide bonds. The zero-order chi connectivity index (χ0) is 12.4. The van der Waals surface area contributed by atoms with E-state index in [0.717, 1.165) is 0 Å². The van der Waals surface area contributed by atoms with Crippen molar-refractivity contribution in [2.75, 3.05) is 7.11 Å². The van der Waals surface area contributed by atoms with E-state index in [9.17, 15) is 10.2 Å². The highest BCUT2D eigenvalue weighted by atomic mass is 16.6. The summed E-state index contributed by atoms with van der Waals surface area (Å²) in [6.45, 7) is 4.35. The summed E-state index contributed by atoms with van der Waals surface area (Å²) < 4.78 is 10.5. The monoisotopic (exact) mass is 226 g/mol. The van der Waals surface area contributed by atoms with Gasteiger partial charge in [-0.15, -0.1) is 0 Å². The van der Waals surface area contributed by atoms with Crippen LogP contribution in [0.1, 0.15) is 20.8 Å². The van der Waals surface area contributed by atoms with E-state index in [4.69, 9.17) is 9.47 Å². The summed E-state index contributed by atoms with van der Waals surface area (Å²) in [7, 11) is 1.51. The van der Waals surface area contributed by atoms with Gasteiger partial charge in [0.25, 0.3) is 0 Å². The fraction of sp³-hybridized carbons (Fsp3) is 0.500. The number of methoxy groups -OCH3 is 1. The molecule has 0 aliphatic rings. The Balaban J connectivity index is 2.96. The first kappa shape index (κ1) is 12.8. The van der Waals surface area contributed by atoms with Crippen molar-refractivity contribution >= 4 is 0 Å². The van der Waals surface area contributed by atoms with Crippen LogP contribution >= 0.6 is 0 Å². The molecule has 0 bridgehead atoms. The van der Waals surface area contributed by atoms with Crippen LogP contribution in [0.3, 0.4) is 0 Å². The van der Waals surface area contributed by atoms with Crippen molar-refractivity contribution in [3.05, 3.63) is 24.3 Å². The van der Waals surface area contributed by atoms with Gasteiger partial charge < -0.3 is 19.7 Å². The molecule has 1 aromatic carbocycles. The lowest BCUT2D eigenvalue weighted by atomic mass is 9.99. The summed E-state index contributed by atoms with van der Waals surface area (Å²) in [5.74, 6) is -0.800. The second kappa shape index (κ2) is 4.31. The number of ether oxygens (including phenoxy) is 2. The third-order valence-corrected chi connectivity index (χ3v) is 2.51. The number of para-hydroxylation sites is 2.